The van der Waals surface area contributed by atoms with Gasteiger partial charge in [-0.15, -0.1) is 0 Å². The smallest absolute Gasteiger partial charge is 0.227 e. The molecule has 2 aromatic heterocycles. The molecule has 0 fully saturated rings. The Morgan fingerprint density at radius 1 is 1.18 bits per heavy atom. The van der Waals surface area contributed by atoms with Gasteiger partial charge in [-0.2, -0.15) is 15.4 Å². The molecular formula is C16H15N5O. The van der Waals surface area contributed by atoms with Crippen molar-refractivity contribution in [2.45, 2.75) is 19.3 Å². The van der Waals surface area contributed by atoms with E-state index in [0.29, 0.717) is 6.42 Å². The number of nitrogens with zero attached hydrogens (tertiary/aromatic N) is 3. The van der Waals surface area contributed by atoms with Crippen molar-refractivity contribution < 1.29 is 4.79 Å². The van der Waals surface area contributed by atoms with Gasteiger partial charge in [0.1, 0.15) is 0 Å². The maximum absolute atomic E-state index is 12.5. The molecule has 1 aromatic carbocycles. The van der Waals surface area contributed by atoms with Crippen LogP contribution in [0.4, 0.5) is 5.69 Å². The second kappa shape index (κ2) is 5.22. The van der Waals surface area contributed by atoms with Crippen molar-refractivity contribution in [3.63, 3.8) is 0 Å². The van der Waals surface area contributed by atoms with E-state index in [0.717, 1.165) is 40.8 Å². The average molecular weight is 293 g/mol. The average Bonchev–Trinajstić information content (AvgIpc) is 3.02. The molecule has 1 unspecified atom stereocenters. The second-order valence-corrected chi connectivity index (χ2v) is 5.53. The number of nitrogens with one attached hydrogen (secondary N) is 2. The lowest BCUT2D eigenvalue weighted by Crippen LogP contribution is -2.28. The molecule has 2 N–H and O–H groups in total. The highest BCUT2D eigenvalue weighted by Crippen LogP contribution is 2.25. The summed E-state index contributed by atoms with van der Waals surface area (Å²) in [7, 11) is 0. The number of benzene rings is 1. The number of hydrogen-bond donors (Lipinski definition) is 2. The zero-order valence-corrected chi connectivity index (χ0v) is 11.9. The van der Waals surface area contributed by atoms with Crippen LogP contribution in [0.25, 0.3) is 10.9 Å². The first kappa shape index (κ1) is 12.9. The van der Waals surface area contributed by atoms with Gasteiger partial charge in [-0.3, -0.25) is 9.78 Å². The lowest BCUT2D eigenvalue weighted by molar-refractivity contribution is -0.120. The second-order valence-electron chi connectivity index (χ2n) is 5.53. The lowest BCUT2D eigenvalue weighted by Gasteiger charge is -2.20. The summed E-state index contributed by atoms with van der Waals surface area (Å²) in [4.78, 5) is 16.9. The van der Waals surface area contributed by atoms with E-state index >= 15 is 0 Å². The molecule has 1 aliphatic rings. The van der Waals surface area contributed by atoms with Gasteiger partial charge >= 0.3 is 0 Å². The third-order valence-electron chi connectivity index (χ3n) is 4.13. The monoisotopic (exact) mass is 293 g/mol. The van der Waals surface area contributed by atoms with Crippen molar-refractivity contribution in [1.29, 1.82) is 0 Å². The van der Waals surface area contributed by atoms with Crippen LogP contribution in [0.3, 0.4) is 0 Å². The van der Waals surface area contributed by atoms with Gasteiger partial charge in [-0.1, -0.05) is 18.2 Å². The maximum atomic E-state index is 12.5. The highest BCUT2D eigenvalue weighted by Gasteiger charge is 2.27. The van der Waals surface area contributed by atoms with Crippen molar-refractivity contribution in [1.82, 2.24) is 20.4 Å². The number of fused-ring (bicyclic) bond motifs is 2. The van der Waals surface area contributed by atoms with Gasteiger partial charge in [0.15, 0.2) is 0 Å². The lowest BCUT2D eigenvalue weighted by atomic mass is 9.89. The van der Waals surface area contributed by atoms with Gasteiger partial charge in [0.05, 0.1) is 22.6 Å². The molecule has 0 radical (unpaired) electrons. The van der Waals surface area contributed by atoms with Crippen LogP contribution in [0.5, 0.6) is 0 Å². The van der Waals surface area contributed by atoms with Crippen molar-refractivity contribution in [2.24, 2.45) is 5.92 Å². The van der Waals surface area contributed by atoms with E-state index in [-0.39, 0.29) is 11.8 Å². The van der Waals surface area contributed by atoms with Crippen LogP contribution in [0, 0.1) is 5.92 Å². The molecular weight excluding hydrogens is 278 g/mol. The Kier molecular flexibility index (Phi) is 3.07. The Bertz CT molecular complexity index is 836. The van der Waals surface area contributed by atoms with Crippen LogP contribution in [0.2, 0.25) is 0 Å². The number of amides is 1. The first-order chi connectivity index (χ1) is 10.8. The SMILES string of the molecule is O=C(Nc1cccc2cccnc12)C1CCc2n[nH]nc2C1. The van der Waals surface area contributed by atoms with Crippen LogP contribution >= 0.6 is 0 Å². The van der Waals surface area contributed by atoms with Gasteiger partial charge in [0, 0.05) is 23.9 Å². The van der Waals surface area contributed by atoms with Gasteiger partial charge in [0.2, 0.25) is 5.91 Å². The van der Waals surface area contributed by atoms with E-state index in [2.05, 4.69) is 25.7 Å². The van der Waals surface area contributed by atoms with E-state index in [1.165, 1.54) is 0 Å². The number of carbonyl (C=O) groups is 1. The number of hydrogen-bond acceptors (Lipinski definition) is 4. The number of aromatic nitrogens is 4. The minimum atomic E-state index is -0.0726. The number of para-hydroxylation sites is 1. The number of pyridine rings is 1. The third kappa shape index (κ3) is 2.22. The van der Waals surface area contributed by atoms with E-state index < -0.39 is 0 Å². The molecule has 0 aliphatic heterocycles. The van der Waals surface area contributed by atoms with Crippen molar-refractivity contribution in [3.05, 3.63) is 47.9 Å². The minimum Gasteiger partial charge on any atom is -0.324 e. The fourth-order valence-corrected chi connectivity index (χ4v) is 2.95. The molecule has 1 amide bonds. The first-order valence-electron chi connectivity index (χ1n) is 7.34. The van der Waals surface area contributed by atoms with Crippen LogP contribution in [0.1, 0.15) is 17.8 Å². The fraction of sp³-hybridized carbons (Fsp3) is 0.250. The van der Waals surface area contributed by atoms with Crippen molar-refractivity contribution >= 4 is 22.5 Å². The van der Waals surface area contributed by atoms with E-state index in [1.54, 1.807) is 6.20 Å². The zero-order chi connectivity index (χ0) is 14.9. The molecule has 6 heteroatoms. The molecule has 0 saturated carbocycles. The summed E-state index contributed by atoms with van der Waals surface area (Å²) >= 11 is 0. The molecule has 1 atom stereocenters. The number of H-pyrrole nitrogens is 1. The Balaban J connectivity index is 1.57. The summed E-state index contributed by atoms with van der Waals surface area (Å²) in [5.74, 6) is -0.0524. The molecule has 22 heavy (non-hydrogen) atoms. The van der Waals surface area contributed by atoms with Gasteiger partial charge in [-0.25, -0.2) is 0 Å². The summed E-state index contributed by atoms with van der Waals surface area (Å²) in [6.07, 6.45) is 3.96. The molecule has 2 heterocycles. The Morgan fingerprint density at radius 3 is 3.00 bits per heavy atom. The largest absolute Gasteiger partial charge is 0.324 e. The molecule has 110 valence electrons. The van der Waals surface area contributed by atoms with Gasteiger partial charge in [0.25, 0.3) is 0 Å². The normalized spacial score (nSPS) is 17.2. The summed E-state index contributed by atoms with van der Waals surface area (Å²) in [5.41, 5.74) is 3.46. The molecule has 6 nitrogen and oxygen atoms in total. The predicted octanol–water partition coefficient (Wildman–Crippen LogP) is 2.10. The standard InChI is InChI=1S/C16H15N5O/c22-16(11-6-7-12-14(9-11)20-21-19-12)18-13-5-1-3-10-4-2-8-17-15(10)13/h1-5,8,11H,6-7,9H2,(H,18,22)(H,19,20,21). The van der Waals surface area contributed by atoms with Gasteiger partial charge < -0.3 is 5.32 Å². The fourth-order valence-electron chi connectivity index (χ4n) is 2.95. The maximum Gasteiger partial charge on any atom is 0.227 e. The van der Waals surface area contributed by atoms with Crippen LogP contribution in [-0.2, 0) is 17.6 Å². The Hall–Kier alpha value is -2.76. The Labute approximate surface area is 127 Å². The summed E-state index contributed by atoms with van der Waals surface area (Å²) in [6.45, 7) is 0. The quantitative estimate of drug-likeness (QED) is 0.758. The number of carbonyl (C=O) groups excluding carboxylic acids is 1. The molecule has 0 spiro atoms. The number of aromatic amines is 1. The minimum absolute atomic E-state index is 0.0202. The van der Waals surface area contributed by atoms with Gasteiger partial charge in [-0.05, 0) is 25.0 Å². The highest BCUT2D eigenvalue weighted by molar-refractivity contribution is 6.01. The molecule has 3 aromatic rings. The van der Waals surface area contributed by atoms with Crippen LogP contribution in [0.15, 0.2) is 36.5 Å². The van der Waals surface area contributed by atoms with Crippen LogP contribution in [-0.4, -0.2) is 26.3 Å². The van der Waals surface area contributed by atoms with Crippen molar-refractivity contribution in [3.8, 4) is 0 Å². The summed E-state index contributed by atoms with van der Waals surface area (Å²) < 4.78 is 0. The topological polar surface area (TPSA) is 83.6 Å². The van der Waals surface area contributed by atoms with E-state index in [1.807, 2.05) is 30.3 Å². The Morgan fingerprint density at radius 2 is 2.05 bits per heavy atom. The highest BCUT2D eigenvalue weighted by atomic mass is 16.1. The van der Waals surface area contributed by atoms with E-state index in [4.69, 9.17) is 0 Å². The number of aryl methyl sites for hydroxylation is 1. The summed E-state index contributed by atoms with van der Waals surface area (Å²) in [5, 5.41) is 14.9. The van der Waals surface area contributed by atoms with E-state index in [9.17, 15) is 4.79 Å². The number of rotatable bonds is 2. The molecule has 1 aliphatic carbocycles. The molecule has 0 bridgehead atoms. The predicted molar refractivity (Wildman–Crippen MR) is 82.3 cm³/mol. The first-order valence-corrected chi connectivity index (χ1v) is 7.34. The molecule has 4 rings (SSSR count). The third-order valence-corrected chi connectivity index (χ3v) is 4.13. The summed E-state index contributed by atoms with van der Waals surface area (Å²) in [6, 6.07) is 9.68. The van der Waals surface area contributed by atoms with Crippen LogP contribution < -0.4 is 5.32 Å². The van der Waals surface area contributed by atoms with Crippen molar-refractivity contribution in [2.75, 3.05) is 5.32 Å². The zero-order valence-electron chi connectivity index (χ0n) is 11.9. The molecule has 0 saturated heterocycles. The number of anilines is 1.